The molecule has 0 saturated carbocycles. The quantitative estimate of drug-likeness (QED) is 0.622. The van der Waals surface area contributed by atoms with Crippen molar-refractivity contribution in [3.8, 4) is 0 Å². The molecule has 0 aliphatic heterocycles. The number of nitrogens with zero attached hydrogens (tertiary/aromatic N) is 1. The SMILES string of the molecule is CCCC=NCc1ccccc1C. The highest BCUT2D eigenvalue weighted by atomic mass is 14.7. The molecule has 1 aromatic rings. The third-order valence-electron chi connectivity index (χ3n) is 2.07. The van der Waals surface area contributed by atoms with E-state index in [4.69, 9.17) is 0 Å². The van der Waals surface area contributed by atoms with Crippen molar-refractivity contribution in [1.82, 2.24) is 0 Å². The summed E-state index contributed by atoms with van der Waals surface area (Å²) in [6, 6.07) is 8.40. The Labute approximate surface area is 80.5 Å². The van der Waals surface area contributed by atoms with Crippen molar-refractivity contribution in [2.75, 3.05) is 0 Å². The summed E-state index contributed by atoms with van der Waals surface area (Å²) in [6.45, 7) is 5.12. The molecule has 0 aliphatic rings. The zero-order valence-corrected chi connectivity index (χ0v) is 8.46. The van der Waals surface area contributed by atoms with Gasteiger partial charge < -0.3 is 0 Å². The van der Waals surface area contributed by atoms with Crippen LogP contribution in [0, 0.1) is 6.92 Å². The molecule has 0 N–H and O–H groups in total. The molecule has 1 rings (SSSR count). The van der Waals surface area contributed by atoms with Gasteiger partial charge in [0.25, 0.3) is 0 Å². The van der Waals surface area contributed by atoms with Gasteiger partial charge >= 0.3 is 0 Å². The summed E-state index contributed by atoms with van der Waals surface area (Å²) in [5.74, 6) is 0. The van der Waals surface area contributed by atoms with Crippen molar-refractivity contribution >= 4 is 6.21 Å². The topological polar surface area (TPSA) is 12.4 Å². The lowest BCUT2D eigenvalue weighted by Gasteiger charge is -2.00. The predicted molar refractivity (Wildman–Crippen MR) is 58.3 cm³/mol. The van der Waals surface area contributed by atoms with E-state index >= 15 is 0 Å². The van der Waals surface area contributed by atoms with Crippen molar-refractivity contribution in [2.45, 2.75) is 33.2 Å². The minimum atomic E-state index is 0.826. The van der Waals surface area contributed by atoms with Crippen molar-refractivity contribution in [3.63, 3.8) is 0 Å². The van der Waals surface area contributed by atoms with Gasteiger partial charge in [0.15, 0.2) is 0 Å². The van der Waals surface area contributed by atoms with E-state index in [-0.39, 0.29) is 0 Å². The molecular weight excluding hydrogens is 158 g/mol. The first-order chi connectivity index (χ1) is 6.34. The fourth-order valence-corrected chi connectivity index (χ4v) is 1.17. The molecule has 0 radical (unpaired) electrons. The second kappa shape index (κ2) is 5.52. The Bertz CT molecular complexity index is 276. The summed E-state index contributed by atoms with van der Waals surface area (Å²) < 4.78 is 0. The summed E-state index contributed by atoms with van der Waals surface area (Å²) in [5, 5.41) is 0. The molecule has 0 amide bonds. The molecule has 0 unspecified atom stereocenters. The Morgan fingerprint density at radius 2 is 2.08 bits per heavy atom. The Morgan fingerprint density at radius 1 is 1.31 bits per heavy atom. The summed E-state index contributed by atoms with van der Waals surface area (Å²) >= 11 is 0. The number of aliphatic imine (C=N–C) groups is 1. The van der Waals surface area contributed by atoms with Crippen LogP contribution in [0.2, 0.25) is 0 Å². The summed E-state index contributed by atoms with van der Waals surface area (Å²) in [5.41, 5.74) is 2.66. The molecule has 0 fully saturated rings. The first kappa shape index (κ1) is 9.97. The molecule has 0 aromatic heterocycles. The molecule has 0 aliphatic carbocycles. The van der Waals surface area contributed by atoms with E-state index in [0.717, 1.165) is 13.0 Å². The molecule has 13 heavy (non-hydrogen) atoms. The maximum atomic E-state index is 4.37. The van der Waals surface area contributed by atoms with E-state index in [9.17, 15) is 0 Å². The van der Waals surface area contributed by atoms with Crippen molar-refractivity contribution in [1.29, 1.82) is 0 Å². The molecule has 0 spiro atoms. The van der Waals surface area contributed by atoms with E-state index in [1.807, 2.05) is 6.21 Å². The third kappa shape index (κ3) is 3.41. The lowest BCUT2D eigenvalue weighted by Crippen LogP contribution is -1.86. The van der Waals surface area contributed by atoms with Crippen LogP contribution in [0.15, 0.2) is 29.3 Å². The number of benzene rings is 1. The van der Waals surface area contributed by atoms with Gasteiger partial charge in [-0.2, -0.15) is 0 Å². The number of unbranched alkanes of at least 4 members (excludes halogenated alkanes) is 1. The highest BCUT2D eigenvalue weighted by Gasteiger charge is 1.92. The van der Waals surface area contributed by atoms with Gasteiger partial charge in [-0.25, -0.2) is 0 Å². The molecule has 0 heterocycles. The predicted octanol–water partition coefficient (Wildman–Crippen LogP) is 3.37. The standard InChI is InChI=1S/C12H17N/c1-3-4-9-13-10-12-8-6-5-7-11(12)2/h5-9H,3-4,10H2,1-2H3. The molecule has 1 aromatic carbocycles. The van der Waals surface area contributed by atoms with Crippen molar-refractivity contribution in [2.24, 2.45) is 4.99 Å². The van der Waals surface area contributed by atoms with Gasteiger partial charge in [0, 0.05) is 0 Å². The molecule has 0 saturated heterocycles. The minimum absolute atomic E-state index is 0.826. The summed E-state index contributed by atoms with van der Waals surface area (Å²) in [6.07, 6.45) is 4.29. The minimum Gasteiger partial charge on any atom is -0.293 e. The Kier molecular flexibility index (Phi) is 4.24. The van der Waals surface area contributed by atoms with Crippen LogP contribution < -0.4 is 0 Å². The van der Waals surface area contributed by atoms with Gasteiger partial charge in [-0.05, 0) is 30.7 Å². The molecular formula is C12H17N. The van der Waals surface area contributed by atoms with Crippen LogP contribution in [0.3, 0.4) is 0 Å². The normalized spacial score (nSPS) is 10.9. The van der Waals surface area contributed by atoms with Crippen LogP contribution in [0.1, 0.15) is 30.9 Å². The summed E-state index contributed by atoms with van der Waals surface area (Å²) in [4.78, 5) is 4.37. The summed E-state index contributed by atoms with van der Waals surface area (Å²) in [7, 11) is 0. The van der Waals surface area contributed by atoms with Crippen LogP contribution in [0.4, 0.5) is 0 Å². The maximum absolute atomic E-state index is 4.37. The van der Waals surface area contributed by atoms with Crippen molar-refractivity contribution in [3.05, 3.63) is 35.4 Å². The van der Waals surface area contributed by atoms with Crippen LogP contribution in [-0.4, -0.2) is 6.21 Å². The molecule has 0 bridgehead atoms. The maximum Gasteiger partial charge on any atom is 0.0638 e. The van der Waals surface area contributed by atoms with Gasteiger partial charge in [0.1, 0.15) is 0 Å². The largest absolute Gasteiger partial charge is 0.293 e. The van der Waals surface area contributed by atoms with Crippen LogP contribution in [-0.2, 0) is 6.54 Å². The highest BCUT2D eigenvalue weighted by Crippen LogP contribution is 2.07. The first-order valence-corrected chi connectivity index (χ1v) is 4.87. The van der Waals surface area contributed by atoms with E-state index in [1.54, 1.807) is 0 Å². The Morgan fingerprint density at radius 3 is 2.77 bits per heavy atom. The van der Waals surface area contributed by atoms with Crippen LogP contribution in [0.5, 0.6) is 0 Å². The second-order valence-electron chi connectivity index (χ2n) is 3.24. The lowest BCUT2D eigenvalue weighted by molar-refractivity contribution is 0.981. The zero-order valence-electron chi connectivity index (χ0n) is 8.46. The monoisotopic (exact) mass is 175 g/mol. The average Bonchev–Trinajstić information content (AvgIpc) is 2.15. The highest BCUT2D eigenvalue weighted by molar-refractivity contribution is 5.57. The lowest BCUT2D eigenvalue weighted by atomic mass is 10.1. The van der Waals surface area contributed by atoms with Crippen LogP contribution >= 0.6 is 0 Å². The van der Waals surface area contributed by atoms with Gasteiger partial charge in [-0.1, -0.05) is 37.6 Å². The number of hydrogen-bond acceptors (Lipinski definition) is 1. The van der Waals surface area contributed by atoms with Gasteiger partial charge in [0.2, 0.25) is 0 Å². The molecule has 70 valence electrons. The average molecular weight is 175 g/mol. The molecule has 1 heteroatoms. The number of rotatable bonds is 4. The molecule has 0 atom stereocenters. The van der Waals surface area contributed by atoms with E-state index in [2.05, 4.69) is 43.1 Å². The zero-order chi connectivity index (χ0) is 9.52. The Hall–Kier alpha value is -1.11. The van der Waals surface area contributed by atoms with Gasteiger partial charge in [-0.3, -0.25) is 4.99 Å². The molecule has 1 nitrogen and oxygen atoms in total. The van der Waals surface area contributed by atoms with Gasteiger partial charge in [-0.15, -0.1) is 0 Å². The number of hydrogen-bond donors (Lipinski definition) is 0. The Balaban J connectivity index is 2.49. The van der Waals surface area contributed by atoms with E-state index in [0.29, 0.717) is 0 Å². The third-order valence-corrected chi connectivity index (χ3v) is 2.07. The fraction of sp³-hybridized carbons (Fsp3) is 0.417. The smallest absolute Gasteiger partial charge is 0.0638 e. The second-order valence-corrected chi connectivity index (χ2v) is 3.24. The first-order valence-electron chi connectivity index (χ1n) is 4.87. The van der Waals surface area contributed by atoms with Gasteiger partial charge in [0.05, 0.1) is 6.54 Å². The fourth-order valence-electron chi connectivity index (χ4n) is 1.17. The van der Waals surface area contributed by atoms with Crippen molar-refractivity contribution < 1.29 is 0 Å². The van der Waals surface area contributed by atoms with Crippen LogP contribution in [0.25, 0.3) is 0 Å². The van der Waals surface area contributed by atoms with E-state index < -0.39 is 0 Å². The van der Waals surface area contributed by atoms with E-state index in [1.165, 1.54) is 17.5 Å². The number of aryl methyl sites for hydroxylation is 1.